The fraction of sp³-hybridized carbons (Fsp3) is 0.368. The number of hydrogen-bond acceptors (Lipinski definition) is 4. The zero-order valence-corrected chi connectivity index (χ0v) is 14.0. The molecule has 0 spiro atoms. The quantitative estimate of drug-likeness (QED) is 0.912. The number of aliphatic carboxylic acids is 1. The number of nitrogens with zero attached hydrogens (tertiary/aromatic N) is 3. The zero-order valence-electron chi connectivity index (χ0n) is 14.0. The summed E-state index contributed by atoms with van der Waals surface area (Å²) in [7, 11) is 2.16. The Labute approximate surface area is 142 Å². The van der Waals surface area contributed by atoms with Crippen molar-refractivity contribution in [3.8, 4) is 11.3 Å². The number of piperazine rings is 1. The van der Waals surface area contributed by atoms with Gasteiger partial charge in [-0.25, -0.2) is 0 Å². The summed E-state index contributed by atoms with van der Waals surface area (Å²) in [4.78, 5) is 20.2. The summed E-state index contributed by atoms with van der Waals surface area (Å²) in [6.07, 6.45) is 1.97. The summed E-state index contributed by atoms with van der Waals surface area (Å²) >= 11 is 0. The molecule has 1 aromatic carbocycles. The number of pyridine rings is 1. The number of carbonyl (C=O) groups is 1. The van der Waals surface area contributed by atoms with Crippen LogP contribution < -0.4 is 0 Å². The maximum atomic E-state index is 10.8. The van der Waals surface area contributed by atoms with E-state index in [9.17, 15) is 4.79 Å². The van der Waals surface area contributed by atoms with Crippen LogP contribution in [0.2, 0.25) is 0 Å². The highest BCUT2D eigenvalue weighted by Gasteiger charge is 2.14. The van der Waals surface area contributed by atoms with Crippen molar-refractivity contribution in [2.24, 2.45) is 0 Å². The van der Waals surface area contributed by atoms with Gasteiger partial charge in [0.25, 0.3) is 0 Å². The minimum absolute atomic E-state index is 0.0370. The molecule has 0 aliphatic carbocycles. The second kappa shape index (κ2) is 7.55. The largest absolute Gasteiger partial charge is 0.481 e. The van der Waals surface area contributed by atoms with Crippen LogP contribution in [0.4, 0.5) is 0 Å². The molecule has 0 amide bonds. The average molecular weight is 325 g/mol. The third kappa shape index (κ3) is 4.40. The lowest BCUT2D eigenvalue weighted by Crippen LogP contribution is -2.43. The van der Waals surface area contributed by atoms with Crippen molar-refractivity contribution in [2.75, 3.05) is 33.2 Å². The van der Waals surface area contributed by atoms with E-state index < -0.39 is 5.97 Å². The van der Waals surface area contributed by atoms with Gasteiger partial charge in [0.05, 0.1) is 12.1 Å². The number of rotatable bonds is 5. The van der Waals surface area contributed by atoms with Gasteiger partial charge < -0.3 is 10.0 Å². The van der Waals surface area contributed by atoms with Crippen molar-refractivity contribution >= 4 is 5.97 Å². The topological polar surface area (TPSA) is 56.7 Å². The van der Waals surface area contributed by atoms with Crippen LogP contribution in [-0.4, -0.2) is 59.1 Å². The van der Waals surface area contributed by atoms with Crippen molar-refractivity contribution in [3.05, 3.63) is 53.7 Å². The van der Waals surface area contributed by atoms with E-state index in [-0.39, 0.29) is 6.42 Å². The first-order valence-electron chi connectivity index (χ1n) is 8.27. The molecule has 2 heterocycles. The van der Waals surface area contributed by atoms with Crippen LogP contribution in [0.5, 0.6) is 0 Å². The Morgan fingerprint density at radius 3 is 2.58 bits per heavy atom. The number of aromatic nitrogens is 1. The van der Waals surface area contributed by atoms with E-state index in [4.69, 9.17) is 5.11 Å². The molecule has 3 rings (SSSR count). The smallest absolute Gasteiger partial charge is 0.307 e. The first-order chi connectivity index (χ1) is 11.6. The highest BCUT2D eigenvalue weighted by atomic mass is 16.4. The van der Waals surface area contributed by atoms with Gasteiger partial charge in [-0.15, -0.1) is 0 Å². The third-order valence-electron chi connectivity index (χ3n) is 4.40. The van der Waals surface area contributed by atoms with Gasteiger partial charge in [-0.1, -0.05) is 24.3 Å². The van der Waals surface area contributed by atoms with E-state index in [1.165, 1.54) is 5.56 Å². The molecule has 1 aliphatic rings. The molecule has 2 aromatic rings. The molecule has 0 atom stereocenters. The zero-order chi connectivity index (χ0) is 16.9. The number of hydrogen-bond donors (Lipinski definition) is 1. The van der Waals surface area contributed by atoms with Crippen LogP contribution in [0.25, 0.3) is 11.3 Å². The Morgan fingerprint density at radius 1 is 1.12 bits per heavy atom. The molecule has 126 valence electrons. The average Bonchev–Trinajstić information content (AvgIpc) is 2.57. The van der Waals surface area contributed by atoms with Crippen molar-refractivity contribution in [2.45, 2.75) is 13.0 Å². The fourth-order valence-electron chi connectivity index (χ4n) is 2.97. The Hall–Kier alpha value is -2.24. The van der Waals surface area contributed by atoms with Crippen LogP contribution in [0.15, 0.2) is 42.6 Å². The van der Waals surface area contributed by atoms with Crippen LogP contribution in [0.3, 0.4) is 0 Å². The SMILES string of the molecule is CN1CCN(Cc2ccc(-c3cccc(CC(=O)O)c3)nc2)CC1. The Morgan fingerprint density at radius 2 is 1.92 bits per heavy atom. The molecule has 0 unspecified atom stereocenters. The van der Waals surface area contributed by atoms with Gasteiger partial charge in [0.15, 0.2) is 0 Å². The summed E-state index contributed by atoms with van der Waals surface area (Å²) in [5.41, 5.74) is 3.84. The summed E-state index contributed by atoms with van der Waals surface area (Å²) in [5.74, 6) is -0.817. The Kier molecular flexibility index (Phi) is 5.23. The maximum absolute atomic E-state index is 10.8. The number of likely N-dealkylation sites (N-methyl/N-ethyl adjacent to an activating group) is 1. The van der Waals surface area contributed by atoms with Gasteiger partial charge in [0.1, 0.15) is 0 Å². The fourth-order valence-corrected chi connectivity index (χ4v) is 2.97. The van der Waals surface area contributed by atoms with Gasteiger partial charge in [0.2, 0.25) is 0 Å². The minimum Gasteiger partial charge on any atom is -0.481 e. The van der Waals surface area contributed by atoms with Gasteiger partial charge in [0, 0.05) is 44.5 Å². The van der Waals surface area contributed by atoms with E-state index >= 15 is 0 Å². The predicted octanol–water partition coefficient (Wildman–Crippen LogP) is 2.12. The summed E-state index contributed by atoms with van der Waals surface area (Å²) < 4.78 is 0. The maximum Gasteiger partial charge on any atom is 0.307 e. The highest BCUT2D eigenvalue weighted by Crippen LogP contribution is 2.19. The van der Waals surface area contributed by atoms with Crippen LogP contribution >= 0.6 is 0 Å². The third-order valence-corrected chi connectivity index (χ3v) is 4.40. The van der Waals surface area contributed by atoms with Crippen LogP contribution in [0, 0.1) is 0 Å². The molecule has 1 saturated heterocycles. The normalized spacial score (nSPS) is 16.2. The molecule has 0 saturated carbocycles. The van der Waals surface area contributed by atoms with Gasteiger partial charge in [-0.05, 0) is 30.3 Å². The molecule has 0 radical (unpaired) electrons. The van der Waals surface area contributed by atoms with E-state index in [1.54, 1.807) is 0 Å². The number of carboxylic acids is 1. The predicted molar refractivity (Wildman–Crippen MR) is 93.8 cm³/mol. The molecule has 24 heavy (non-hydrogen) atoms. The van der Waals surface area contributed by atoms with Crippen molar-refractivity contribution < 1.29 is 9.90 Å². The summed E-state index contributed by atoms with van der Waals surface area (Å²) in [6.45, 7) is 5.34. The first-order valence-corrected chi connectivity index (χ1v) is 8.27. The molecule has 1 aliphatic heterocycles. The lowest BCUT2D eigenvalue weighted by Gasteiger charge is -2.32. The van der Waals surface area contributed by atoms with Crippen molar-refractivity contribution in [1.29, 1.82) is 0 Å². The molecule has 5 heteroatoms. The molecule has 0 bridgehead atoms. The first kappa shape index (κ1) is 16.6. The Bertz CT molecular complexity index is 692. The van der Waals surface area contributed by atoms with Gasteiger partial charge >= 0.3 is 5.97 Å². The van der Waals surface area contributed by atoms with Crippen LogP contribution in [-0.2, 0) is 17.8 Å². The number of carboxylic acid groups (broad SMARTS) is 1. The van der Waals surface area contributed by atoms with E-state index in [1.807, 2.05) is 36.5 Å². The second-order valence-electron chi connectivity index (χ2n) is 6.40. The van der Waals surface area contributed by atoms with Crippen LogP contribution in [0.1, 0.15) is 11.1 Å². The monoisotopic (exact) mass is 325 g/mol. The summed E-state index contributed by atoms with van der Waals surface area (Å²) in [5, 5.41) is 8.91. The molecular formula is C19H23N3O2. The van der Waals surface area contributed by atoms with E-state index in [2.05, 4.69) is 27.9 Å². The lowest BCUT2D eigenvalue weighted by molar-refractivity contribution is -0.136. The van der Waals surface area contributed by atoms with Gasteiger partial charge in [-0.3, -0.25) is 14.7 Å². The lowest BCUT2D eigenvalue weighted by atomic mass is 10.0. The highest BCUT2D eigenvalue weighted by molar-refractivity contribution is 5.71. The van der Waals surface area contributed by atoms with Crippen molar-refractivity contribution in [3.63, 3.8) is 0 Å². The standard InChI is InChI=1S/C19H23N3O2/c1-21-7-9-22(10-8-21)14-16-5-6-18(20-13-16)17-4-2-3-15(11-17)12-19(23)24/h2-6,11,13H,7-10,12,14H2,1H3,(H,23,24). The summed E-state index contributed by atoms with van der Waals surface area (Å²) in [6, 6.07) is 11.7. The Balaban J connectivity index is 1.67. The second-order valence-corrected chi connectivity index (χ2v) is 6.40. The van der Waals surface area contributed by atoms with E-state index in [0.29, 0.717) is 0 Å². The van der Waals surface area contributed by atoms with E-state index in [0.717, 1.165) is 49.5 Å². The van der Waals surface area contributed by atoms with Crippen molar-refractivity contribution in [1.82, 2.24) is 14.8 Å². The molecule has 5 nitrogen and oxygen atoms in total. The molecular weight excluding hydrogens is 302 g/mol. The number of benzene rings is 1. The molecule has 1 fully saturated rings. The molecule has 1 aromatic heterocycles. The minimum atomic E-state index is -0.817. The van der Waals surface area contributed by atoms with Gasteiger partial charge in [-0.2, -0.15) is 0 Å². The molecule has 1 N–H and O–H groups in total.